The zero-order valence-electron chi connectivity index (χ0n) is 30.4. The maximum absolute atomic E-state index is 14.9. The fourth-order valence-corrected chi connectivity index (χ4v) is 8.01. The van der Waals surface area contributed by atoms with Crippen LogP contribution in [0, 0.1) is 6.92 Å². The number of rotatable bonds is 16. The maximum Gasteiger partial charge on any atom is 0.264 e. The number of amides is 2. The van der Waals surface area contributed by atoms with Crippen molar-refractivity contribution in [3.63, 3.8) is 0 Å². The molecule has 0 spiro atoms. The van der Waals surface area contributed by atoms with Crippen LogP contribution in [0.25, 0.3) is 0 Å². The van der Waals surface area contributed by atoms with E-state index < -0.39 is 28.5 Å². The van der Waals surface area contributed by atoms with Crippen molar-refractivity contribution in [1.82, 2.24) is 10.2 Å². The average molecular weight is 728 g/mol. The van der Waals surface area contributed by atoms with Gasteiger partial charge in [0.25, 0.3) is 10.0 Å². The summed E-state index contributed by atoms with van der Waals surface area (Å²) in [7, 11) is -1.47. The highest BCUT2D eigenvalue weighted by Gasteiger charge is 2.36. The summed E-state index contributed by atoms with van der Waals surface area (Å²) in [5.74, 6) is 0.366. The van der Waals surface area contributed by atoms with Crippen LogP contribution in [-0.4, -0.2) is 64.6 Å². The smallest absolute Gasteiger partial charge is 0.264 e. The number of carbonyl (C=O) groups is 2. The van der Waals surface area contributed by atoms with Crippen LogP contribution in [-0.2, 0) is 32.6 Å². The maximum atomic E-state index is 14.9. The summed E-state index contributed by atoms with van der Waals surface area (Å²) in [5.41, 5.74) is 2.95. The minimum atomic E-state index is -4.37. The Labute approximate surface area is 307 Å². The molecule has 0 aliphatic heterocycles. The summed E-state index contributed by atoms with van der Waals surface area (Å²) in [6.45, 7) is 3.79. The van der Waals surface area contributed by atoms with E-state index in [0.717, 1.165) is 53.1 Å². The lowest BCUT2D eigenvalue weighted by Crippen LogP contribution is -2.55. The predicted molar refractivity (Wildman–Crippen MR) is 202 cm³/mol. The number of carbonyl (C=O) groups excluding carboxylic acids is 2. The minimum absolute atomic E-state index is 0.0146. The third-order valence-electron chi connectivity index (χ3n) is 9.48. The third kappa shape index (κ3) is 9.44. The number of hydrogen-bond acceptors (Lipinski definition) is 7. The van der Waals surface area contributed by atoms with Gasteiger partial charge in [-0.25, -0.2) is 8.42 Å². The van der Waals surface area contributed by atoms with E-state index in [4.69, 9.17) is 14.2 Å². The summed E-state index contributed by atoms with van der Waals surface area (Å²) in [4.78, 5) is 30.7. The normalized spacial score (nSPS) is 13.8. The fraction of sp³-hybridized carbons (Fsp3) is 0.366. The number of hydrogen-bond donors (Lipinski definition) is 1. The molecule has 2 amide bonds. The molecule has 4 aromatic rings. The molecule has 52 heavy (non-hydrogen) atoms. The molecule has 4 aromatic carbocycles. The molecule has 1 atom stereocenters. The largest absolute Gasteiger partial charge is 0.494 e. The van der Waals surface area contributed by atoms with Crippen LogP contribution < -0.4 is 23.8 Å². The third-order valence-corrected chi connectivity index (χ3v) is 11.3. The van der Waals surface area contributed by atoms with Crippen LogP contribution in [0.3, 0.4) is 0 Å². The SMILES string of the molecule is CCOc1ccc(N(CC(=O)N(Cc2ccccc2C)C(Cc2ccccc2)C(=O)NC2CCCCC2)S(=O)(=O)c2ccc(OC)c(OC)c2)cc1. The molecule has 0 aromatic heterocycles. The van der Waals surface area contributed by atoms with Gasteiger partial charge in [0.05, 0.1) is 31.4 Å². The topological polar surface area (TPSA) is 114 Å². The van der Waals surface area contributed by atoms with Crippen LogP contribution in [0.5, 0.6) is 17.2 Å². The predicted octanol–water partition coefficient (Wildman–Crippen LogP) is 6.70. The molecule has 1 N–H and O–H groups in total. The Kier molecular flexibility index (Phi) is 13.2. The van der Waals surface area contributed by atoms with Gasteiger partial charge in [-0.1, -0.05) is 73.9 Å². The number of ether oxygens (including phenoxy) is 3. The van der Waals surface area contributed by atoms with Crippen molar-refractivity contribution in [3.05, 3.63) is 114 Å². The molecular weight excluding hydrogens is 679 g/mol. The molecule has 0 heterocycles. The summed E-state index contributed by atoms with van der Waals surface area (Å²) in [6, 6.07) is 27.3. The van der Waals surface area contributed by atoms with Gasteiger partial charge in [0, 0.05) is 25.1 Å². The van der Waals surface area contributed by atoms with Crippen LogP contribution in [0.4, 0.5) is 5.69 Å². The number of nitrogens with one attached hydrogen (secondary N) is 1. The highest BCUT2D eigenvalue weighted by Crippen LogP contribution is 2.33. The Balaban J connectivity index is 1.59. The average Bonchev–Trinajstić information content (AvgIpc) is 3.16. The quantitative estimate of drug-likeness (QED) is 0.137. The number of nitrogens with zero attached hydrogens (tertiary/aromatic N) is 2. The first-order valence-corrected chi connectivity index (χ1v) is 19.2. The Bertz CT molecular complexity index is 1900. The number of anilines is 1. The van der Waals surface area contributed by atoms with E-state index in [1.165, 1.54) is 32.4 Å². The lowest BCUT2D eigenvalue weighted by atomic mass is 9.94. The fourth-order valence-electron chi connectivity index (χ4n) is 6.58. The summed E-state index contributed by atoms with van der Waals surface area (Å²) < 4.78 is 46.7. The molecule has 1 saturated carbocycles. The van der Waals surface area contributed by atoms with Crippen LogP contribution in [0.1, 0.15) is 55.7 Å². The minimum Gasteiger partial charge on any atom is -0.494 e. The molecule has 0 bridgehead atoms. The van der Waals surface area contributed by atoms with Crippen LogP contribution in [0.15, 0.2) is 102 Å². The molecule has 1 unspecified atom stereocenters. The molecule has 0 saturated heterocycles. The van der Waals surface area contributed by atoms with Crippen molar-refractivity contribution < 1.29 is 32.2 Å². The van der Waals surface area contributed by atoms with Gasteiger partial charge in [0.1, 0.15) is 18.3 Å². The molecule has 276 valence electrons. The summed E-state index contributed by atoms with van der Waals surface area (Å²) in [5, 5.41) is 3.25. The second kappa shape index (κ2) is 17.9. The second-order valence-corrected chi connectivity index (χ2v) is 14.8. The zero-order valence-corrected chi connectivity index (χ0v) is 31.2. The van der Waals surface area contributed by atoms with Crippen molar-refractivity contribution in [2.45, 2.75) is 75.9 Å². The van der Waals surface area contributed by atoms with E-state index in [1.807, 2.05) is 68.4 Å². The van der Waals surface area contributed by atoms with Crippen molar-refractivity contribution in [2.75, 3.05) is 31.7 Å². The highest BCUT2D eigenvalue weighted by atomic mass is 32.2. The van der Waals surface area contributed by atoms with Crippen molar-refractivity contribution in [1.29, 1.82) is 0 Å². The number of sulfonamides is 1. The zero-order chi connectivity index (χ0) is 37.1. The first kappa shape index (κ1) is 38.2. The molecule has 1 fully saturated rings. The lowest BCUT2D eigenvalue weighted by Gasteiger charge is -2.35. The van der Waals surface area contributed by atoms with Gasteiger partial charge >= 0.3 is 0 Å². The van der Waals surface area contributed by atoms with Gasteiger partial charge in [-0.05, 0) is 79.8 Å². The molecule has 1 aliphatic carbocycles. The first-order chi connectivity index (χ1) is 25.1. The van der Waals surface area contributed by atoms with Gasteiger partial charge in [0.2, 0.25) is 11.8 Å². The highest BCUT2D eigenvalue weighted by molar-refractivity contribution is 7.92. The summed E-state index contributed by atoms with van der Waals surface area (Å²) in [6.07, 6.45) is 5.21. The molecule has 10 nitrogen and oxygen atoms in total. The van der Waals surface area contributed by atoms with Crippen LogP contribution in [0.2, 0.25) is 0 Å². The number of methoxy groups -OCH3 is 2. The Morgan fingerprint density at radius 2 is 1.52 bits per heavy atom. The number of aryl methyl sites for hydroxylation is 1. The lowest BCUT2D eigenvalue weighted by molar-refractivity contribution is -0.140. The molecule has 5 rings (SSSR count). The Hall–Kier alpha value is -5.03. The Morgan fingerprint density at radius 1 is 0.846 bits per heavy atom. The van der Waals surface area contributed by atoms with Crippen molar-refractivity contribution in [3.8, 4) is 17.2 Å². The van der Waals surface area contributed by atoms with Crippen molar-refractivity contribution >= 4 is 27.5 Å². The molecular formula is C41H49N3O7S. The van der Waals surface area contributed by atoms with E-state index in [1.54, 1.807) is 29.2 Å². The van der Waals surface area contributed by atoms with Gasteiger partial charge in [0.15, 0.2) is 11.5 Å². The second-order valence-electron chi connectivity index (χ2n) is 13.0. The van der Waals surface area contributed by atoms with Gasteiger partial charge in [-0.15, -0.1) is 0 Å². The van der Waals surface area contributed by atoms with E-state index in [-0.39, 0.29) is 41.2 Å². The monoisotopic (exact) mass is 727 g/mol. The summed E-state index contributed by atoms with van der Waals surface area (Å²) >= 11 is 0. The van der Waals surface area contributed by atoms with Gasteiger partial charge in [-0.2, -0.15) is 0 Å². The molecule has 0 radical (unpaired) electrons. The van der Waals surface area contributed by atoms with Crippen molar-refractivity contribution in [2.24, 2.45) is 0 Å². The van der Waals surface area contributed by atoms with E-state index >= 15 is 0 Å². The van der Waals surface area contributed by atoms with E-state index in [9.17, 15) is 18.0 Å². The first-order valence-electron chi connectivity index (χ1n) is 17.8. The standard InChI is InChI=1S/C41H49N3O7S/c1-5-51-35-22-20-34(21-23-35)44(52(47,48)36-24-25-38(49-3)39(27-36)50-4)29-40(45)43(28-32-17-13-12-14-30(32)2)37(26-31-15-8-6-9-16-31)41(46)42-33-18-10-7-11-19-33/h6,8-9,12-17,20-25,27,33,37H,5,7,10-11,18-19,26,28-29H2,1-4H3,(H,42,46). The van der Waals surface area contributed by atoms with Gasteiger partial charge < -0.3 is 24.4 Å². The molecule has 11 heteroatoms. The molecule has 1 aliphatic rings. The van der Waals surface area contributed by atoms with E-state index in [0.29, 0.717) is 18.1 Å². The van der Waals surface area contributed by atoms with E-state index in [2.05, 4.69) is 5.32 Å². The number of benzene rings is 4. The Morgan fingerprint density at radius 3 is 2.17 bits per heavy atom. The van der Waals surface area contributed by atoms with Gasteiger partial charge in [-0.3, -0.25) is 13.9 Å². The van der Waals surface area contributed by atoms with Crippen LogP contribution >= 0.6 is 0 Å².